The Morgan fingerprint density at radius 1 is 0.523 bits per heavy atom. The molecule has 0 heterocycles. The number of allylic oxidation sites excluding steroid dienone is 9. The van der Waals surface area contributed by atoms with E-state index in [-0.39, 0.29) is 17.8 Å². The van der Waals surface area contributed by atoms with Gasteiger partial charge in [-0.3, -0.25) is 0 Å². The molecule has 254 valence electrons. The molecule has 0 radical (unpaired) electrons. The lowest BCUT2D eigenvalue weighted by atomic mass is 9.95. The lowest BCUT2D eigenvalue weighted by molar-refractivity contribution is -0.111. The molecule has 0 saturated heterocycles. The van der Waals surface area contributed by atoms with Gasteiger partial charge in [-0.05, 0) is 125 Å². The summed E-state index contributed by atoms with van der Waals surface area (Å²) in [6.07, 6.45) is 26.7. The second-order valence-corrected chi connectivity index (χ2v) is 13.8. The molecule has 0 aromatic heterocycles. The standard InChI is InChI=1S/C14H26O.C14H24O.C13H22O/c2*1-12(2)7-5-8-13(3)9-6-10-14(4)11-15;1-11(2)6-5-7-12(3)8-9-13(4)10-14/h7,11,13-14H,5-6,8-10H2,1-4H3;7,9,11,14H,5-6,8,10H2,1-4H3;8,10,13H,1,5-7,9H2,2-4H3/b;13-9+;12-8+. The van der Waals surface area contributed by atoms with E-state index in [1.807, 2.05) is 20.8 Å². The summed E-state index contributed by atoms with van der Waals surface area (Å²) >= 11 is 0. The number of rotatable bonds is 22. The number of hydrogen-bond donors (Lipinski definition) is 0. The van der Waals surface area contributed by atoms with Crippen molar-refractivity contribution in [1.82, 2.24) is 0 Å². The summed E-state index contributed by atoms with van der Waals surface area (Å²) in [5, 5.41) is 0. The lowest BCUT2D eigenvalue weighted by Crippen LogP contribution is -1.99. The molecule has 0 fully saturated rings. The molecule has 44 heavy (non-hydrogen) atoms. The molecule has 0 aliphatic rings. The van der Waals surface area contributed by atoms with Crippen LogP contribution in [-0.2, 0) is 14.4 Å². The molecular formula is C41H72O3. The maximum Gasteiger partial charge on any atom is 0.123 e. The van der Waals surface area contributed by atoms with E-state index in [0.717, 1.165) is 76.1 Å². The molecule has 0 aromatic carbocycles. The first kappa shape index (κ1) is 46.1. The van der Waals surface area contributed by atoms with Crippen LogP contribution < -0.4 is 0 Å². The predicted octanol–water partition coefficient (Wildman–Crippen LogP) is 12.6. The Hall–Kier alpha value is -2.29. The van der Waals surface area contributed by atoms with E-state index >= 15 is 0 Å². The van der Waals surface area contributed by atoms with Crippen LogP contribution in [0.25, 0.3) is 0 Å². The van der Waals surface area contributed by atoms with Crippen LogP contribution in [0.3, 0.4) is 0 Å². The number of carbonyl (C=O) groups is 3. The zero-order valence-electron chi connectivity index (χ0n) is 31.0. The van der Waals surface area contributed by atoms with Crippen molar-refractivity contribution in [3.05, 3.63) is 58.7 Å². The summed E-state index contributed by atoms with van der Waals surface area (Å²) in [6, 6.07) is 0. The maximum atomic E-state index is 10.4. The molecule has 4 unspecified atom stereocenters. The highest BCUT2D eigenvalue weighted by Gasteiger charge is 2.04. The van der Waals surface area contributed by atoms with E-state index in [0.29, 0.717) is 0 Å². The van der Waals surface area contributed by atoms with Gasteiger partial charge in [0.2, 0.25) is 0 Å². The Morgan fingerprint density at radius 2 is 1.02 bits per heavy atom. The van der Waals surface area contributed by atoms with E-state index in [4.69, 9.17) is 0 Å². The second-order valence-electron chi connectivity index (χ2n) is 13.8. The Bertz CT molecular complexity index is 862. The van der Waals surface area contributed by atoms with Crippen molar-refractivity contribution in [2.45, 2.75) is 160 Å². The smallest absolute Gasteiger partial charge is 0.123 e. The van der Waals surface area contributed by atoms with Crippen molar-refractivity contribution in [1.29, 1.82) is 0 Å². The first-order valence-electron chi connectivity index (χ1n) is 17.3. The minimum Gasteiger partial charge on any atom is -0.303 e. The van der Waals surface area contributed by atoms with Gasteiger partial charge in [0.15, 0.2) is 0 Å². The summed E-state index contributed by atoms with van der Waals surface area (Å²) in [6.45, 7) is 27.0. The zero-order valence-corrected chi connectivity index (χ0v) is 31.0. The summed E-state index contributed by atoms with van der Waals surface area (Å²) in [5.74, 6) is 1.40. The summed E-state index contributed by atoms with van der Waals surface area (Å²) in [7, 11) is 0. The molecule has 0 N–H and O–H groups in total. The van der Waals surface area contributed by atoms with E-state index in [1.165, 1.54) is 60.0 Å². The van der Waals surface area contributed by atoms with E-state index in [9.17, 15) is 14.4 Å². The lowest BCUT2D eigenvalue weighted by Gasteiger charge is -2.10. The fourth-order valence-electron chi connectivity index (χ4n) is 4.22. The normalized spacial score (nSPS) is 13.9. The SMILES string of the molecule is C=C(C)CCC/C(C)=C/CC(C)C=O.CC(C)=CCC/C(C)=C/CCC(C)C=O.CC(C)=CCCC(C)CCCC(C)C=O. The zero-order chi connectivity index (χ0) is 34.3. The van der Waals surface area contributed by atoms with Gasteiger partial charge in [0, 0.05) is 17.8 Å². The van der Waals surface area contributed by atoms with Gasteiger partial charge in [-0.15, -0.1) is 6.58 Å². The van der Waals surface area contributed by atoms with E-state index in [1.54, 1.807) is 0 Å². The molecule has 0 amide bonds. The Morgan fingerprint density at radius 3 is 1.55 bits per heavy atom. The van der Waals surface area contributed by atoms with Crippen molar-refractivity contribution in [2.75, 3.05) is 0 Å². The van der Waals surface area contributed by atoms with Gasteiger partial charge in [-0.25, -0.2) is 0 Å². The average Bonchev–Trinajstić information content (AvgIpc) is 2.95. The topological polar surface area (TPSA) is 51.2 Å². The molecular weight excluding hydrogens is 540 g/mol. The third kappa shape index (κ3) is 39.7. The van der Waals surface area contributed by atoms with Gasteiger partial charge in [-0.2, -0.15) is 0 Å². The van der Waals surface area contributed by atoms with Crippen LogP contribution >= 0.6 is 0 Å². The molecule has 3 nitrogen and oxygen atoms in total. The van der Waals surface area contributed by atoms with Crippen LogP contribution in [0.2, 0.25) is 0 Å². The monoisotopic (exact) mass is 613 g/mol. The maximum absolute atomic E-state index is 10.4. The fourth-order valence-corrected chi connectivity index (χ4v) is 4.22. The quantitative estimate of drug-likeness (QED) is 0.0902. The highest BCUT2D eigenvalue weighted by atomic mass is 16.1. The fraction of sp³-hybridized carbons (Fsp3) is 0.683. The van der Waals surface area contributed by atoms with Crippen LogP contribution in [0.4, 0.5) is 0 Å². The van der Waals surface area contributed by atoms with Gasteiger partial charge < -0.3 is 14.4 Å². The molecule has 0 aliphatic heterocycles. The third-order valence-corrected chi connectivity index (χ3v) is 7.48. The molecule has 0 saturated carbocycles. The predicted molar refractivity (Wildman–Crippen MR) is 196 cm³/mol. The van der Waals surface area contributed by atoms with Crippen LogP contribution in [-0.4, -0.2) is 18.9 Å². The van der Waals surface area contributed by atoms with E-state index < -0.39 is 0 Å². The summed E-state index contributed by atoms with van der Waals surface area (Å²) in [4.78, 5) is 31.2. The van der Waals surface area contributed by atoms with Gasteiger partial charge in [0.05, 0.1) is 0 Å². The van der Waals surface area contributed by atoms with Crippen molar-refractivity contribution in [2.24, 2.45) is 23.7 Å². The Kier molecular flexibility index (Phi) is 33.7. The first-order chi connectivity index (χ1) is 20.7. The minimum atomic E-state index is 0.158. The van der Waals surface area contributed by atoms with Crippen LogP contribution in [0.5, 0.6) is 0 Å². The average molecular weight is 613 g/mol. The van der Waals surface area contributed by atoms with Gasteiger partial charge >= 0.3 is 0 Å². The molecule has 0 spiro atoms. The van der Waals surface area contributed by atoms with Crippen molar-refractivity contribution < 1.29 is 14.4 Å². The Labute approximate surface area is 274 Å². The molecule has 0 rings (SSSR count). The minimum absolute atomic E-state index is 0.158. The van der Waals surface area contributed by atoms with Gasteiger partial charge in [-0.1, -0.05) is 92.7 Å². The van der Waals surface area contributed by atoms with Gasteiger partial charge in [0.25, 0.3) is 0 Å². The molecule has 0 bridgehead atoms. The largest absolute Gasteiger partial charge is 0.303 e. The first-order valence-corrected chi connectivity index (χ1v) is 17.3. The van der Waals surface area contributed by atoms with Crippen LogP contribution in [0, 0.1) is 23.7 Å². The highest BCUT2D eigenvalue weighted by Crippen LogP contribution is 2.17. The van der Waals surface area contributed by atoms with Crippen molar-refractivity contribution >= 4 is 18.9 Å². The van der Waals surface area contributed by atoms with Crippen LogP contribution in [0.1, 0.15) is 160 Å². The molecule has 0 aliphatic carbocycles. The van der Waals surface area contributed by atoms with Crippen molar-refractivity contribution in [3.8, 4) is 0 Å². The number of carbonyl (C=O) groups excluding carboxylic acids is 3. The van der Waals surface area contributed by atoms with E-state index in [2.05, 4.69) is 86.3 Å². The number of hydrogen-bond acceptors (Lipinski definition) is 3. The highest BCUT2D eigenvalue weighted by molar-refractivity contribution is 5.53. The number of aldehydes is 3. The van der Waals surface area contributed by atoms with Crippen LogP contribution in [0.15, 0.2) is 58.7 Å². The van der Waals surface area contributed by atoms with Gasteiger partial charge in [0.1, 0.15) is 18.9 Å². The Balaban J connectivity index is -0.000000574. The molecule has 4 atom stereocenters. The third-order valence-electron chi connectivity index (χ3n) is 7.48. The molecule has 0 aromatic rings. The summed E-state index contributed by atoms with van der Waals surface area (Å²) in [5.41, 5.74) is 6.87. The van der Waals surface area contributed by atoms with Crippen molar-refractivity contribution in [3.63, 3.8) is 0 Å². The molecule has 3 heteroatoms. The summed E-state index contributed by atoms with van der Waals surface area (Å²) < 4.78 is 0. The second kappa shape index (κ2) is 32.1.